The summed E-state index contributed by atoms with van der Waals surface area (Å²) in [5, 5.41) is 12.2. The predicted octanol–water partition coefficient (Wildman–Crippen LogP) is 7.42. The van der Waals surface area contributed by atoms with E-state index in [1.807, 2.05) is 30.3 Å². The molecule has 0 aromatic heterocycles. The summed E-state index contributed by atoms with van der Waals surface area (Å²) in [6, 6.07) is 25.0. The van der Waals surface area contributed by atoms with Crippen LogP contribution in [0, 0.1) is 6.92 Å². The zero-order chi connectivity index (χ0) is 26.8. The lowest BCUT2D eigenvalue weighted by atomic mass is 10.1. The second-order valence-corrected chi connectivity index (χ2v) is 10.7. The van der Waals surface area contributed by atoms with Crippen LogP contribution in [-0.4, -0.2) is 34.1 Å². The monoisotopic (exact) mass is 586 g/mol. The third-order valence-electron chi connectivity index (χ3n) is 6.22. The average molecular weight is 587 g/mol. The number of amides is 1. The van der Waals surface area contributed by atoms with Crippen LogP contribution in [0.25, 0.3) is 16.8 Å². The van der Waals surface area contributed by atoms with Crippen molar-refractivity contribution in [3.8, 4) is 5.75 Å². The van der Waals surface area contributed by atoms with Crippen molar-refractivity contribution in [2.75, 3.05) is 7.05 Å². The number of amidine groups is 1. The number of thioether (sulfide) groups is 1. The molecule has 0 bridgehead atoms. The molecule has 190 valence electrons. The fraction of sp³-hybridized carbons (Fsp3) is 0.100. The van der Waals surface area contributed by atoms with E-state index >= 15 is 0 Å². The molecule has 0 unspecified atom stereocenters. The first-order valence-electron chi connectivity index (χ1n) is 11.8. The molecule has 0 saturated carbocycles. The van der Waals surface area contributed by atoms with Gasteiger partial charge in [-0.1, -0.05) is 58.4 Å². The van der Waals surface area contributed by atoms with Crippen LogP contribution in [0.4, 0.5) is 5.69 Å². The van der Waals surface area contributed by atoms with Crippen LogP contribution in [0.2, 0.25) is 0 Å². The van der Waals surface area contributed by atoms with Gasteiger partial charge in [-0.25, -0.2) is 9.79 Å². The van der Waals surface area contributed by atoms with Gasteiger partial charge in [0.05, 0.1) is 16.2 Å². The van der Waals surface area contributed by atoms with Crippen LogP contribution in [0.3, 0.4) is 0 Å². The van der Waals surface area contributed by atoms with E-state index in [0.29, 0.717) is 33.7 Å². The van der Waals surface area contributed by atoms with E-state index in [0.717, 1.165) is 21.0 Å². The number of aliphatic imine (C=N–C) groups is 1. The van der Waals surface area contributed by atoms with E-state index in [1.165, 1.54) is 28.1 Å². The highest BCUT2D eigenvalue weighted by Crippen LogP contribution is 2.36. The van der Waals surface area contributed by atoms with Gasteiger partial charge in [0, 0.05) is 17.1 Å². The van der Waals surface area contributed by atoms with Crippen molar-refractivity contribution in [1.82, 2.24) is 4.90 Å². The SMILES string of the molecule is Cc1c(N=C2S/C(=C\c3cc(Br)ccc3OCc3ccc4ccccc4c3)C(=O)N2C)cccc1C(=O)O. The number of ether oxygens (including phenoxy) is 1. The van der Waals surface area contributed by atoms with Gasteiger partial charge in [0.15, 0.2) is 5.17 Å². The Labute approximate surface area is 232 Å². The maximum absolute atomic E-state index is 13.1. The van der Waals surface area contributed by atoms with Crippen LogP contribution in [-0.2, 0) is 11.4 Å². The van der Waals surface area contributed by atoms with Gasteiger partial charge in [-0.2, -0.15) is 0 Å². The summed E-state index contributed by atoms with van der Waals surface area (Å²) < 4.78 is 7.05. The fourth-order valence-corrected chi connectivity index (χ4v) is 5.47. The molecular weight excluding hydrogens is 564 g/mol. The van der Waals surface area contributed by atoms with Crippen LogP contribution >= 0.6 is 27.7 Å². The van der Waals surface area contributed by atoms with Crippen molar-refractivity contribution in [3.05, 3.63) is 110 Å². The first-order valence-corrected chi connectivity index (χ1v) is 13.4. The van der Waals surface area contributed by atoms with Gasteiger partial charge in [-0.05, 0) is 83.1 Å². The third kappa shape index (κ3) is 5.37. The number of nitrogens with zero attached hydrogens (tertiary/aromatic N) is 2. The van der Waals surface area contributed by atoms with Crippen molar-refractivity contribution < 1.29 is 19.4 Å². The maximum atomic E-state index is 13.1. The molecule has 1 fully saturated rings. The highest BCUT2D eigenvalue weighted by Gasteiger charge is 2.31. The van der Waals surface area contributed by atoms with E-state index in [-0.39, 0.29) is 11.5 Å². The van der Waals surface area contributed by atoms with Crippen molar-refractivity contribution in [2.45, 2.75) is 13.5 Å². The Balaban J connectivity index is 1.41. The quantitative estimate of drug-likeness (QED) is 0.238. The number of halogens is 1. The number of hydrogen-bond donors (Lipinski definition) is 1. The van der Waals surface area contributed by atoms with Gasteiger partial charge >= 0.3 is 5.97 Å². The summed E-state index contributed by atoms with van der Waals surface area (Å²) in [4.78, 5) is 31.1. The number of carbonyl (C=O) groups excluding carboxylic acids is 1. The Bertz CT molecular complexity index is 1650. The molecule has 4 aromatic carbocycles. The Morgan fingerprint density at radius 3 is 2.63 bits per heavy atom. The highest BCUT2D eigenvalue weighted by atomic mass is 79.9. The third-order valence-corrected chi connectivity index (χ3v) is 7.78. The van der Waals surface area contributed by atoms with E-state index in [2.05, 4.69) is 51.3 Å². The number of carboxylic acids is 1. The van der Waals surface area contributed by atoms with E-state index in [1.54, 1.807) is 32.2 Å². The van der Waals surface area contributed by atoms with Crippen molar-refractivity contribution in [2.24, 2.45) is 4.99 Å². The summed E-state index contributed by atoms with van der Waals surface area (Å²) in [7, 11) is 1.66. The number of benzene rings is 4. The fourth-order valence-electron chi connectivity index (χ4n) is 4.13. The van der Waals surface area contributed by atoms with E-state index in [4.69, 9.17) is 4.74 Å². The summed E-state index contributed by atoms with van der Waals surface area (Å²) in [6.07, 6.45) is 1.80. The van der Waals surface area contributed by atoms with Crippen molar-refractivity contribution >= 4 is 67.3 Å². The lowest BCUT2D eigenvalue weighted by Crippen LogP contribution is -2.23. The summed E-state index contributed by atoms with van der Waals surface area (Å²) in [5.41, 5.74) is 3.04. The van der Waals surface area contributed by atoms with Gasteiger partial charge in [-0.15, -0.1) is 0 Å². The number of carboxylic acid groups (broad SMARTS) is 1. The van der Waals surface area contributed by atoms with Crippen molar-refractivity contribution in [3.63, 3.8) is 0 Å². The molecule has 38 heavy (non-hydrogen) atoms. The Hall–Kier alpha value is -3.88. The maximum Gasteiger partial charge on any atom is 0.336 e. The molecule has 0 spiro atoms. The van der Waals surface area contributed by atoms with E-state index in [9.17, 15) is 14.7 Å². The van der Waals surface area contributed by atoms with Crippen LogP contribution < -0.4 is 4.74 Å². The molecule has 8 heteroatoms. The molecule has 1 N–H and O–H groups in total. The van der Waals surface area contributed by atoms with Gasteiger partial charge in [0.1, 0.15) is 12.4 Å². The Kier molecular flexibility index (Phi) is 7.35. The Morgan fingerprint density at radius 2 is 1.84 bits per heavy atom. The molecule has 4 aromatic rings. The molecule has 0 atom stereocenters. The molecule has 1 aliphatic rings. The number of aromatic carboxylic acids is 1. The average Bonchev–Trinajstić information content (AvgIpc) is 3.16. The second kappa shape index (κ2) is 10.8. The number of likely N-dealkylation sites (N-methyl/N-ethyl adjacent to an activating group) is 1. The molecular formula is C30H23BrN2O4S. The molecule has 1 saturated heterocycles. The molecule has 1 aliphatic heterocycles. The summed E-state index contributed by atoms with van der Waals surface area (Å²) in [6.45, 7) is 2.09. The van der Waals surface area contributed by atoms with Gasteiger partial charge in [-0.3, -0.25) is 9.69 Å². The minimum Gasteiger partial charge on any atom is -0.488 e. The first-order chi connectivity index (χ1) is 18.3. The second-order valence-electron chi connectivity index (χ2n) is 8.78. The minimum absolute atomic E-state index is 0.182. The van der Waals surface area contributed by atoms with Crippen LogP contribution in [0.15, 0.2) is 93.2 Å². The smallest absolute Gasteiger partial charge is 0.336 e. The first kappa shape index (κ1) is 25.8. The van der Waals surface area contributed by atoms with Crippen LogP contribution in [0.5, 0.6) is 5.75 Å². The zero-order valence-corrected chi connectivity index (χ0v) is 23.0. The number of carbonyl (C=O) groups is 2. The summed E-state index contributed by atoms with van der Waals surface area (Å²) in [5.74, 6) is -0.555. The molecule has 0 radical (unpaired) electrons. The Morgan fingerprint density at radius 1 is 1.05 bits per heavy atom. The molecule has 1 heterocycles. The number of hydrogen-bond acceptors (Lipinski definition) is 5. The lowest BCUT2D eigenvalue weighted by Gasteiger charge is -2.11. The standard InChI is InChI=1S/C30H23BrN2O4S/c1-18-24(29(35)36)8-5-9-25(18)32-30-33(2)28(34)27(38-30)16-22-15-23(31)12-13-26(22)37-17-19-10-11-20-6-3-4-7-21(20)14-19/h3-16H,17H2,1-2H3,(H,35,36)/b27-16-,32-30?. The topological polar surface area (TPSA) is 79.2 Å². The highest BCUT2D eigenvalue weighted by molar-refractivity contribution is 9.10. The normalized spacial score (nSPS) is 15.6. The minimum atomic E-state index is -1.01. The van der Waals surface area contributed by atoms with Gasteiger partial charge in [0.2, 0.25) is 0 Å². The van der Waals surface area contributed by atoms with Gasteiger partial charge < -0.3 is 9.84 Å². The number of rotatable bonds is 6. The number of fused-ring (bicyclic) bond motifs is 1. The zero-order valence-electron chi connectivity index (χ0n) is 20.6. The predicted molar refractivity (Wildman–Crippen MR) is 156 cm³/mol. The lowest BCUT2D eigenvalue weighted by molar-refractivity contribution is -0.121. The van der Waals surface area contributed by atoms with Crippen LogP contribution in [0.1, 0.15) is 27.0 Å². The molecule has 6 nitrogen and oxygen atoms in total. The van der Waals surface area contributed by atoms with Crippen molar-refractivity contribution in [1.29, 1.82) is 0 Å². The molecule has 1 amide bonds. The largest absolute Gasteiger partial charge is 0.488 e. The molecule has 5 rings (SSSR count). The molecule has 0 aliphatic carbocycles. The van der Waals surface area contributed by atoms with Gasteiger partial charge in [0.25, 0.3) is 5.91 Å². The van der Waals surface area contributed by atoms with E-state index < -0.39 is 5.97 Å². The summed E-state index contributed by atoms with van der Waals surface area (Å²) >= 11 is 4.76.